The van der Waals surface area contributed by atoms with Crippen LogP contribution in [0.1, 0.15) is 12.8 Å². The number of nitrogens with one attached hydrogen (secondary N) is 1. The lowest BCUT2D eigenvalue weighted by Crippen LogP contribution is -2.50. The van der Waals surface area contributed by atoms with Gasteiger partial charge in [0.2, 0.25) is 5.95 Å². The van der Waals surface area contributed by atoms with E-state index in [0.29, 0.717) is 24.5 Å². The van der Waals surface area contributed by atoms with E-state index in [4.69, 9.17) is 9.72 Å². The predicted octanol–water partition coefficient (Wildman–Crippen LogP) is 2.44. The number of benzene rings is 1. The van der Waals surface area contributed by atoms with Crippen LogP contribution in [0.25, 0.3) is 0 Å². The first-order valence-corrected chi connectivity index (χ1v) is 9.76. The summed E-state index contributed by atoms with van der Waals surface area (Å²) in [6, 6.07) is 9.28. The van der Waals surface area contributed by atoms with Crippen molar-refractivity contribution in [1.82, 2.24) is 14.9 Å². The SMILES string of the molecule is COc1ccccc1NC(=O)N1CCN(c2ccnc(N3CCCC3)n2)CC1. The lowest BCUT2D eigenvalue weighted by Gasteiger charge is -2.35. The summed E-state index contributed by atoms with van der Waals surface area (Å²) in [6.07, 6.45) is 4.23. The van der Waals surface area contributed by atoms with Crippen LogP contribution in [0.4, 0.5) is 22.2 Å². The summed E-state index contributed by atoms with van der Waals surface area (Å²) in [5.74, 6) is 2.40. The molecule has 1 N–H and O–H groups in total. The molecule has 2 aliphatic rings. The molecule has 2 fully saturated rings. The van der Waals surface area contributed by atoms with Crippen LogP contribution < -0.4 is 19.9 Å². The number of nitrogens with zero attached hydrogens (tertiary/aromatic N) is 5. The summed E-state index contributed by atoms with van der Waals surface area (Å²) in [7, 11) is 1.60. The summed E-state index contributed by atoms with van der Waals surface area (Å²) in [6.45, 7) is 4.83. The number of hydrogen-bond acceptors (Lipinski definition) is 6. The largest absolute Gasteiger partial charge is 0.495 e. The van der Waals surface area contributed by atoms with Gasteiger partial charge in [-0.2, -0.15) is 4.98 Å². The first-order chi connectivity index (χ1) is 13.7. The monoisotopic (exact) mass is 382 g/mol. The minimum atomic E-state index is -0.107. The normalized spacial score (nSPS) is 17.0. The molecule has 8 nitrogen and oxygen atoms in total. The van der Waals surface area contributed by atoms with Crippen molar-refractivity contribution in [3.63, 3.8) is 0 Å². The van der Waals surface area contributed by atoms with Gasteiger partial charge in [-0.05, 0) is 31.0 Å². The molecular weight excluding hydrogens is 356 g/mol. The van der Waals surface area contributed by atoms with Gasteiger partial charge in [0.1, 0.15) is 11.6 Å². The van der Waals surface area contributed by atoms with Gasteiger partial charge >= 0.3 is 6.03 Å². The molecule has 2 saturated heterocycles. The smallest absolute Gasteiger partial charge is 0.322 e. The molecule has 0 radical (unpaired) electrons. The van der Waals surface area contributed by atoms with Gasteiger partial charge in [-0.1, -0.05) is 12.1 Å². The third kappa shape index (κ3) is 3.95. The average molecular weight is 382 g/mol. The maximum atomic E-state index is 12.6. The van der Waals surface area contributed by atoms with Crippen LogP contribution in [0.2, 0.25) is 0 Å². The quantitative estimate of drug-likeness (QED) is 0.876. The number of piperazine rings is 1. The van der Waals surface area contributed by atoms with Gasteiger partial charge < -0.3 is 24.8 Å². The minimum Gasteiger partial charge on any atom is -0.495 e. The van der Waals surface area contributed by atoms with E-state index in [1.54, 1.807) is 7.11 Å². The molecule has 148 valence electrons. The van der Waals surface area contributed by atoms with Gasteiger partial charge in [-0.25, -0.2) is 9.78 Å². The van der Waals surface area contributed by atoms with Crippen LogP contribution in [0.3, 0.4) is 0 Å². The molecule has 8 heteroatoms. The molecule has 0 atom stereocenters. The van der Waals surface area contributed by atoms with Crippen molar-refractivity contribution >= 4 is 23.5 Å². The number of methoxy groups -OCH3 is 1. The van der Waals surface area contributed by atoms with Crippen molar-refractivity contribution in [2.24, 2.45) is 0 Å². The van der Waals surface area contributed by atoms with Gasteiger partial charge in [-0.3, -0.25) is 0 Å². The number of anilines is 3. The van der Waals surface area contributed by atoms with Crippen LogP contribution in [0.5, 0.6) is 5.75 Å². The number of rotatable bonds is 4. The molecule has 2 amide bonds. The fraction of sp³-hybridized carbons (Fsp3) is 0.450. The lowest BCUT2D eigenvalue weighted by molar-refractivity contribution is 0.208. The third-order valence-electron chi connectivity index (χ3n) is 5.26. The maximum Gasteiger partial charge on any atom is 0.322 e. The Balaban J connectivity index is 1.35. The summed E-state index contributed by atoms with van der Waals surface area (Å²) >= 11 is 0. The first kappa shape index (κ1) is 18.3. The fourth-order valence-electron chi connectivity index (χ4n) is 3.67. The van der Waals surface area contributed by atoms with Crippen molar-refractivity contribution in [3.8, 4) is 5.75 Å². The Hall–Kier alpha value is -3.03. The number of hydrogen-bond donors (Lipinski definition) is 1. The van der Waals surface area contributed by atoms with E-state index in [0.717, 1.165) is 37.9 Å². The number of aromatic nitrogens is 2. The van der Waals surface area contributed by atoms with Crippen molar-refractivity contribution in [2.75, 3.05) is 61.5 Å². The van der Waals surface area contributed by atoms with E-state index in [2.05, 4.69) is 20.1 Å². The summed E-state index contributed by atoms with van der Waals surface area (Å²) < 4.78 is 5.30. The molecule has 0 aliphatic carbocycles. The zero-order valence-electron chi connectivity index (χ0n) is 16.2. The molecule has 0 spiro atoms. The Labute approximate surface area is 165 Å². The molecule has 4 rings (SSSR count). The van der Waals surface area contributed by atoms with E-state index < -0.39 is 0 Å². The molecule has 28 heavy (non-hydrogen) atoms. The van der Waals surface area contributed by atoms with E-state index in [1.807, 2.05) is 41.4 Å². The molecule has 2 aliphatic heterocycles. The zero-order valence-corrected chi connectivity index (χ0v) is 16.2. The number of carbonyl (C=O) groups is 1. The van der Waals surface area contributed by atoms with Crippen molar-refractivity contribution < 1.29 is 9.53 Å². The van der Waals surface area contributed by atoms with Crippen molar-refractivity contribution in [2.45, 2.75) is 12.8 Å². The zero-order chi connectivity index (χ0) is 19.3. The summed E-state index contributed by atoms with van der Waals surface area (Å²) in [5, 5.41) is 2.94. The fourth-order valence-corrected chi connectivity index (χ4v) is 3.67. The molecule has 0 unspecified atom stereocenters. The average Bonchev–Trinajstić information content (AvgIpc) is 3.29. The highest BCUT2D eigenvalue weighted by Gasteiger charge is 2.23. The molecule has 0 saturated carbocycles. The highest BCUT2D eigenvalue weighted by atomic mass is 16.5. The van der Waals surface area contributed by atoms with Gasteiger partial charge in [-0.15, -0.1) is 0 Å². The van der Waals surface area contributed by atoms with Gasteiger partial charge in [0.05, 0.1) is 12.8 Å². The number of carbonyl (C=O) groups excluding carboxylic acids is 1. The van der Waals surface area contributed by atoms with E-state index in [1.165, 1.54) is 12.8 Å². The van der Waals surface area contributed by atoms with E-state index in [-0.39, 0.29) is 6.03 Å². The molecule has 1 aromatic carbocycles. The number of amides is 2. The van der Waals surface area contributed by atoms with E-state index >= 15 is 0 Å². The number of para-hydroxylation sites is 2. The summed E-state index contributed by atoms with van der Waals surface area (Å²) in [5.41, 5.74) is 0.684. The molecule has 3 heterocycles. The number of urea groups is 1. The Morgan fingerprint density at radius 3 is 2.50 bits per heavy atom. The van der Waals surface area contributed by atoms with E-state index in [9.17, 15) is 4.79 Å². The molecule has 2 aromatic rings. The predicted molar refractivity (Wildman–Crippen MR) is 109 cm³/mol. The second-order valence-electron chi connectivity index (χ2n) is 7.01. The Bertz CT molecular complexity index is 816. The summed E-state index contributed by atoms with van der Waals surface area (Å²) in [4.78, 5) is 28.1. The lowest BCUT2D eigenvalue weighted by atomic mass is 10.3. The van der Waals surface area contributed by atoms with Gasteiger partial charge in [0.25, 0.3) is 0 Å². The maximum absolute atomic E-state index is 12.6. The standard InChI is InChI=1S/C20H26N6O2/c1-28-17-7-3-2-6-16(17)22-20(27)26-14-12-24(13-15-26)18-8-9-21-19(23-18)25-10-4-5-11-25/h2-3,6-9H,4-5,10-15H2,1H3,(H,22,27). The van der Waals surface area contributed by atoms with Crippen LogP contribution >= 0.6 is 0 Å². The Kier molecular flexibility index (Phi) is 5.45. The molecule has 0 bridgehead atoms. The molecule has 1 aromatic heterocycles. The second-order valence-corrected chi connectivity index (χ2v) is 7.01. The van der Waals surface area contributed by atoms with Gasteiger partial charge in [0.15, 0.2) is 0 Å². The van der Waals surface area contributed by atoms with Crippen LogP contribution in [-0.2, 0) is 0 Å². The third-order valence-corrected chi connectivity index (χ3v) is 5.26. The van der Waals surface area contributed by atoms with Crippen LogP contribution in [-0.4, -0.2) is 67.3 Å². The topological polar surface area (TPSA) is 73.8 Å². The Morgan fingerprint density at radius 1 is 1.00 bits per heavy atom. The van der Waals surface area contributed by atoms with Crippen molar-refractivity contribution in [1.29, 1.82) is 0 Å². The highest BCUT2D eigenvalue weighted by Crippen LogP contribution is 2.24. The van der Waals surface area contributed by atoms with Gasteiger partial charge in [0, 0.05) is 45.5 Å². The highest BCUT2D eigenvalue weighted by molar-refractivity contribution is 5.91. The Morgan fingerprint density at radius 2 is 1.75 bits per heavy atom. The number of ether oxygens (including phenoxy) is 1. The molecular formula is C20H26N6O2. The van der Waals surface area contributed by atoms with Crippen LogP contribution in [0, 0.1) is 0 Å². The second kappa shape index (κ2) is 8.33. The first-order valence-electron chi connectivity index (χ1n) is 9.76. The van der Waals surface area contributed by atoms with Crippen molar-refractivity contribution in [3.05, 3.63) is 36.5 Å². The van der Waals surface area contributed by atoms with Crippen LogP contribution in [0.15, 0.2) is 36.5 Å². The minimum absolute atomic E-state index is 0.107.